The Morgan fingerprint density at radius 3 is 2.66 bits per heavy atom. The van der Waals surface area contributed by atoms with Gasteiger partial charge in [-0.25, -0.2) is 4.39 Å². The molecular weight excluding hydrogens is 422 g/mol. The molecule has 2 N–H and O–H groups in total. The summed E-state index contributed by atoms with van der Waals surface area (Å²) in [4.78, 5) is 17.1. The number of amides is 1. The second kappa shape index (κ2) is 9.32. The molecule has 1 heterocycles. The highest BCUT2D eigenvalue weighted by Gasteiger charge is 2.39. The maximum Gasteiger partial charge on any atom is 0.406 e. The fourth-order valence-corrected chi connectivity index (χ4v) is 4.44. The van der Waals surface area contributed by atoms with Crippen LogP contribution in [0.4, 0.5) is 17.6 Å². The highest BCUT2D eigenvalue weighted by Crippen LogP contribution is 2.29. The SMILES string of the molecule is O=C(c1cc2ccccc2[nH]1)N(CC(F)(F)F)C1CCC[C@H](NCc2cccc(F)c2)C1. The van der Waals surface area contributed by atoms with E-state index >= 15 is 0 Å². The Balaban J connectivity index is 1.49. The third kappa shape index (κ3) is 5.48. The Morgan fingerprint density at radius 1 is 1.09 bits per heavy atom. The molecule has 0 saturated heterocycles. The molecule has 0 radical (unpaired) electrons. The number of nitrogens with one attached hydrogen (secondary N) is 2. The minimum atomic E-state index is -4.50. The normalized spacial score (nSPS) is 19.2. The van der Waals surface area contributed by atoms with Crippen molar-refractivity contribution >= 4 is 16.8 Å². The van der Waals surface area contributed by atoms with Crippen LogP contribution < -0.4 is 5.32 Å². The first-order valence-corrected chi connectivity index (χ1v) is 10.7. The number of para-hydroxylation sites is 1. The summed E-state index contributed by atoms with van der Waals surface area (Å²) in [7, 11) is 0. The lowest BCUT2D eigenvalue weighted by molar-refractivity contribution is -0.146. The van der Waals surface area contributed by atoms with E-state index in [0.717, 1.165) is 22.3 Å². The number of fused-ring (bicyclic) bond motifs is 1. The van der Waals surface area contributed by atoms with Crippen LogP contribution in [0, 0.1) is 5.82 Å². The molecule has 1 aliphatic rings. The monoisotopic (exact) mass is 447 g/mol. The van der Waals surface area contributed by atoms with Gasteiger partial charge in [0.1, 0.15) is 18.1 Å². The molecule has 2 aromatic carbocycles. The fourth-order valence-electron chi connectivity index (χ4n) is 4.44. The first kappa shape index (κ1) is 22.3. The minimum Gasteiger partial charge on any atom is -0.351 e. The van der Waals surface area contributed by atoms with E-state index in [-0.39, 0.29) is 17.6 Å². The number of rotatable bonds is 6. The molecule has 1 unspecified atom stereocenters. The number of halogens is 4. The number of aromatic nitrogens is 1. The first-order chi connectivity index (χ1) is 15.3. The van der Waals surface area contributed by atoms with Gasteiger partial charge in [0.25, 0.3) is 5.91 Å². The number of hydrogen-bond donors (Lipinski definition) is 2. The highest BCUT2D eigenvalue weighted by atomic mass is 19.4. The smallest absolute Gasteiger partial charge is 0.351 e. The van der Waals surface area contributed by atoms with Gasteiger partial charge in [-0.15, -0.1) is 0 Å². The average Bonchev–Trinajstić information content (AvgIpc) is 3.20. The van der Waals surface area contributed by atoms with Crippen LogP contribution in [0.25, 0.3) is 10.9 Å². The van der Waals surface area contributed by atoms with Crippen molar-refractivity contribution in [2.24, 2.45) is 0 Å². The van der Waals surface area contributed by atoms with Gasteiger partial charge >= 0.3 is 6.18 Å². The molecule has 4 rings (SSSR count). The molecule has 8 heteroatoms. The zero-order valence-electron chi connectivity index (χ0n) is 17.5. The molecule has 1 fully saturated rings. The lowest BCUT2D eigenvalue weighted by Crippen LogP contribution is -2.50. The van der Waals surface area contributed by atoms with Gasteiger partial charge in [0, 0.05) is 29.5 Å². The summed E-state index contributed by atoms with van der Waals surface area (Å²) in [5.41, 5.74) is 1.64. The van der Waals surface area contributed by atoms with Crippen LogP contribution in [0.15, 0.2) is 54.6 Å². The lowest BCUT2D eigenvalue weighted by Gasteiger charge is -2.38. The standard InChI is InChI=1S/C24H25F4N3O/c25-18-7-3-5-16(11-18)14-29-19-8-4-9-20(13-19)31(15-24(26,27)28)23(32)22-12-17-6-1-2-10-21(17)30-22/h1-3,5-7,10-12,19-20,29-30H,4,8-9,13-15H2/t19-,20?/m0/s1. The third-order valence-corrected chi connectivity index (χ3v) is 5.94. The molecule has 4 nitrogen and oxygen atoms in total. The van der Waals surface area contributed by atoms with Gasteiger partial charge in [-0.2, -0.15) is 13.2 Å². The minimum absolute atomic E-state index is 0.0525. The molecule has 1 saturated carbocycles. The maximum atomic E-state index is 13.4. The molecule has 32 heavy (non-hydrogen) atoms. The largest absolute Gasteiger partial charge is 0.406 e. The molecule has 170 valence electrons. The lowest BCUT2D eigenvalue weighted by atomic mass is 9.89. The number of nitrogens with zero attached hydrogens (tertiary/aromatic N) is 1. The number of hydrogen-bond acceptors (Lipinski definition) is 2. The summed E-state index contributed by atoms with van der Waals surface area (Å²) in [5.74, 6) is -0.972. The van der Waals surface area contributed by atoms with E-state index in [1.165, 1.54) is 12.1 Å². The Hall–Kier alpha value is -2.87. The molecular formula is C24H25F4N3O. The van der Waals surface area contributed by atoms with Crippen LogP contribution in [0.2, 0.25) is 0 Å². The second-order valence-electron chi connectivity index (χ2n) is 8.35. The van der Waals surface area contributed by atoms with Crippen molar-refractivity contribution in [1.82, 2.24) is 15.2 Å². The number of H-pyrrole nitrogens is 1. The molecule has 2 atom stereocenters. The van der Waals surface area contributed by atoms with Crippen molar-refractivity contribution in [2.45, 2.75) is 50.5 Å². The van der Waals surface area contributed by atoms with E-state index < -0.39 is 24.7 Å². The molecule has 1 aliphatic carbocycles. The van der Waals surface area contributed by atoms with Crippen LogP contribution in [0.1, 0.15) is 41.7 Å². The first-order valence-electron chi connectivity index (χ1n) is 10.7. The van der Waals surface area contributed by atoms with Crippen LogP contribution in [0.5, 0.6) is 0 Å². The van der Waals surface area contributed by atoms with E-state index in [9.17, 15) is 22.4 Å². The van der Waals surface area contributed by atoms with E-state index in [0.29, 0.717) is 31.3 Å². The summed E-state index contributed by atoms with van der Waals surface area (Å²) in [6.07, 6.45) is -2.06. The summed E-state index contributed by atoms with van der Waals surface area (Å²) in [6, 6.07) is 14.4. The quantitative estimate of drug-likeness (QED) is 0.496. The van der Waals surface area contributed by atoms with Crippen molar-refractivity contribution in [3.8, 4) is 0 Å². The maximum absolute atomic E-state index is 13.4. The van der Waals surface area contributed by atoms with Crippen molar-refractivity contribution in [1.29, 1.82) is 0 Å². The molecule has 0 bridgehead atoms. The van der Waals surface area contributed by atoms with Crippen molar-refractivity contribution in [3.05, 3.63) is 71.7 Å². The van der Waals surface area contributed by atoms with Crippen molar-refractivity contribution in [2.75, 3.05) is 6.54 Å². The van der Waals surface area contributed by atoms with Crippen LogP contribution in [0.3, 0.4) is 0 Å². The predicted octanol–water partition coefficient (Wildman–Crippen LogP) is 5.41. The molecule has 1 aromatic heterocycles. The molecule has 0 spiro atoms. The number of benzene rings is 2. The Morgan fingerprint density at radius 2 is 1.91 bits per heavy atom. The average molecular weight is 447 g/mol. The van der Waals surface area contributed by atoms with Crippen molar-refractivity contribution in [3.63, 3.8) is 0 Å². The summed E-state index contributed by atoms with van der Waals surface area (Å²) >= 11 is 0. The Kier molecular flexibility index (Phi) is 6.50. The van der Waals surface area contributed by atoms with Crippen molar-refractivity contribution < 1.29 is 22.4 Å². The van der Waals surface area contributed by atoms with Gasteiger partial charge in [0.05, 0.1) is 0 Å². The molecule has 0 aliphatic heterocycles. The van der Waals surface area contributed by atoms with Crippen LogP contribution in [-0.4, -0.2) is 40.6 Å². The van der Waals surface area contributed by atoms with E-state index in [2.05, 4.69) is 10.3 Å². The number of aromatic amines is 1. The van der Waals surface area contributed by atoms with Crippen LogP contribution >= 0.6 is 0 Å². The number of alkyl halides is 3. The zero-order chi connectivity index (χ0) is 22.7. The second-order valence-corrected chi connectivity index (χ2v) is 8.35. The van der Waals surface area contributed by atoms with Gasteiger partial charge < -0.3 is 15.2 Å². The van der Waals surface area contributed by atoms with Crippen LogP contribution in [-0.2, 0) is 6.54 Å². The Labute approximate surface area is 183 Å². The van der Waals surface area contributed by atoms with Gasteiger partial charge in [-0.05, 0) is 55.5 Å². The fraction of sp³-hybridized carbons (Fsp3) is 0.375. The summed E-state index contributed by atoms with van der Waals surface area (Å²) in [5, 5.41) is 4.10. The van der Waals surface area contributed by atoms with Gasteiger partial charge in [-0.3, -0.25) is 4.79 Å². The van der Waals surface area contributed by atoms with E-state index in [4.69, 9.17) is 0 Å². The van der Waals surface area contributed by atoms with Gasteiger partial charge in [0.2, 0.25) is 0 Å². The highest BCUT2D eigenvalue weighted by molar-refractivity contribution is 5.98. The van der Waals surface area contributed by atoms with E-state index in [1.54, 1.807) is 30.3 Å². The predicted molar refractivity (Wildman–Crippen MR) is 115 cm³/mol. The Bertz CT molecular complexity index is 1050. The van der Waals surface area contributed by atoms with E-state index in [1.807, 2.05) is 12.1 Å². The molecule has 1 amide bonds. The molecule has 3 aromatic rings. The number of carbonyl (C=O) groups excluding carboxylic acids is 1. The zero-order valence-corrected chi connectivity index (χ0v) is 17.5. The van der Waals surface area contributed by atoms with Gasteiger partial charge in [-0.1, -0.05) is 30.3 Å². The van der Waals surface area contributed by atoms with Gasteiger partial charge in [0.15, 0.2) is 0 Å². The third-order valence-electron chi connectivity index (χ3n) is 5.94. The number of carbonyl (C=O) groups is 1. The topological polar surface area (TPSA) is 48.1 Å². The summed E-state index contributed by atoms with van der Waals surface area (Å²) in [6.45, 7) is -0.868. The summed E-state index contributed by atoms with van der Waals surface area (Å²) < 4.78 is 53.6.